The van der Waals surface area contributed by atoms with E-state index in [1.807, 2.05) is 62.1 Å². The molecule has 8 rings (SSSR count). The lowest BCUT2D eigenvalue weighted by Gasteiger charge is -2.47. The summed E-state index contributed by atoms with van der Waals surface area (Å²) in [6.45, 7) is 9.57. The second-order valence-electron chi connectivity index (χ2n) is 18.7. The molecule has 2 heterocycles. The van der Waals surface area contributed by atoms with Gasteiger partial charge >= 0.3 is 5.97 Å². The number of aliphatic carboxylic acids is 1. The summed E-state index contributed by atoms with van der Waals surface area (Å²) in [5, 5.41) is 22.4. The SMILES string of the molecule is Cc1cc(-c2cccc([C@H](C)NC(=O)CCCOc3ccc4c(c3)C3(CCC(Nc5cccc(Cl)c5)(C(=O)O)CC3)[C@@H](C[C@@H](C)COc3ccnc5c3[C@H](C)CCC5)C4)c2)n(C)n1. The van der Waals surface area contributed by atoms with Crippen molar-refractivity contribution < 1.29 is 24.2 Å². The van der Waals surface area contributed by atoms with Gasteiger partial charge in [0.05, 0.1) is 30.6 Å². The molecule has 63 heavy (non-hydrogen) atoms. The zero-order valence-electron chi connectivity index (χ0n) is 37.4. The quantitative estimate of drug-likeness (QED) is 0.0837. The molecule has 10 nitrogen and oxygen atoms in total. The predicted molar refractivity (Wildman–Crippen MR) is 249 cm³/mol. The van der Waals surface area contributed by atoms with E-state index in [0.29, 0.717) is 61.4 Å². The van der Waals surface area contributed by atoms with Crippen LogP contribution in [0.25, 0.3) is 11.3 Å². The molecule has 332 valence electrons. The summed E-state index contributed by atoms with van der Waals surface area (Å²) in [5.41, 5.74) is 8.50. The summed E-state index contributed by atoms with van der Waals surface area (Å²) in [7, 11) is 1.94. The summed E-state index contributed by atoms with van der Waals surface area (Å²) in [6, 6.07) is 26.0. The number of nitrogens with one attached hydrogen (secondary N) is 2. The molecule has 0 bridgehead atoms. The van der Waals surface area contributed by atoms with Gasteiger partial charge in [0.1, 0.15) is 17.0 Å². The number of ether oxygens (including phenoxy) is 2. The van der Waals surface area contributed by atoms with Crippen molar-refractivity contribution in [3.8, 4) is 22.8 Å². The number of aromatic nitrogens is 3. The standard InChI is InChI=1S/C52H62ClN5O5/c1-33(32-63-47-19-24-54-45-15-6-10-34(2)49(45)47)26-40-29-38-17-18-43(31-44(38)51(40)20-22-52(23-21-51,50(60)61)56-42-14-8-13-41(53)30-42)62-25-9-16-48(59)55-36(4)37-11-7-12-39(28-37)46-27-35(3)57-58(46)5/h7-8,11-14,17-19,24,27-28,30-31,33-34,36,40,56H,6,9-10,15-16,20-23,25-26,29,32H2,1-5H3,(H,55,59)(H,60,61)/t33-,34-,36+,40+,51?,52?/m1/s1. The maximum Gasteiger partial charge on any atom is 0.329 e. The molecule has 3 N–H and O–H groups in total. The summed E-state index contributed by atoms with van der Waals surface area (Å²) < 4.78 is 14.9. The maximum atomic E-state index is 13.1. The van der Waals surface area contributed by atoms with Gasteiger partial charge in [-0.1, -0.05) is 55.8 Å². The van der Waals surface area contributed by atoms with E-state index in [0.717, 1.165) is 79.0 Å². The number of hydrogen-bond acceptors (Lipinski definition) is 7. The fourth-order valence-electron chi connectivity index (χ4n) is 10.8. The minimum atomic E-state index is -1.11. The van der Waals surface area contributed by atoms with Gasteiger partial charge in [0.15, 0.2) is 0 Å². The minimum Gasteiger partial charge on any atom is -0.494 e. The zero-order chi connectivity index (χ0) is 44.3. The Balaban J connectivity index is 0.936. The van der Waals surface area contributed by atoms with Crippen LogP contribution in [-0.2, 0) is 34.9 Å². The Labute approximate surface area is 377 Å². The van der Waals surface area contributed by atoms with E-state index in [1.54, 1.807) is 12.1 Å². The molecule has 0 saturated heterocycles. The average Bonchev–Trinajstić information content (AvgIpc) is 3.76. The molecule has 1 spiro atoms. The Morgan fingerprint density at radius 1 is 1.00 bits per heavy atom. The summed E-state index contributed by atoms with van der Waals surface area (Å²) >= 11 is 6.33. The lowest BCUT2D eigenvalue weighted by atomic mass is 9.59. The molecule has 3 aliphatic rings. The van der Waals surface area contributed by atoms with Crippen molar-refractivity contribution in [2.24, 2.45) is 18.9 Å². The van der Waals surface area contributed by atoms with E-state index < -0.39 is 11.5 Å². The van der Waals surface area contributed by atoms with Gasteiger partial charge in [-0.15, -0.1) is 0 Å². The van der Waals surface area contributed by atoms with Crippen molar-refractivity contribution in [1.82, 2.24) is 20.1 Å². The Hall–Kier alpha value is -5.35. The van der Waals surface area contributed by atoms with E-state index in [4.69, 9.17) is 21.1 Å². The first-order valence-electron chi connectivity index (χ1n) is 22.9. The van der Waals surface area contributed by atoms with Crippen molar-refractivity contribution in [3.63, 3.8) is 0 Å². The number of benzene rings is 3. The number of anilines is 1. The van der Waals surface area contributed by atoms with Crippen LogP contribution in [0.2, 0.25) is 5.02 Å². The highest BCUT2D eigenvalue weighted by Gasteiger charge is 2.54. The second-order valence-corrected chi connectivity index (χ2v) is 19.1. The molecule has 11 heteroatoms. The van der Waals surface area contributed by atoms with E-state index in [1.165, 1.54) is 22.4 Å². The number of carbonyl (C=O) groups is 2. The number of hydrogen-bond donors (Lipinski definition) is 3. The van der Waals surface area contributed by atoms with E-state index in [9.17, 15) is 14.7 Å². The molecule has 0 radical (unpaired) electrons. The van der Waals surface area contributed by atoms with Crippen molar-refractivity contribution >= 4 is 29.2 Å². The number of pyridine rings is 1. The van der Waals surface area contributed by atoms with Gasteiger partial charge in [-0.2, -0.15) is 5.10 Å². The van der Waals surface area contributed by atoms with Gasteiger partial charge in [-0.25, -0.2) is 4.79 Å². The fourth-order valence-corrected chi connectivity index (χ4v) is 11.0. The van der Waals surface area contributed by atoms with Crippen LogP contribution in [0, 0.1) is 18.8 Å². The molecule has 1 fully saturated rings. The average molecular weight is 873 g/mol. The number of nitrogens with zero attached hydrogens (tertiary/aromatic N) is 3. The third-order valence-electron chi connectivity index (χ3n) is 14.1. The molecule has 0 aliphatic heterocycles. The molecule has 1 amide bonds. The van der Waals surface area contributed by atoms with Crippen molar-refractivity contribution in [3.05, 3.63) is 124 Å². The van der Waals surface area contributed by atoms with Crippen LogP contribution in [0.4, 0.5) is 5.69 Å². The number of amides is 1. The first-order valence-corrected chi connectivity index (χ1v) is 23.2. The minimum absolute atomic E-state index is 0.0180. The molecular weight excluding hydrogens is 810 g/mol. The lowest BCUT2D eigenvalue weighted by molar-refractivity contribution is -0.144. The topological polar surface area (TPSA) is 128 Å². The van der Waals surface area contributed by atoms with Crippen LogP contribution in [0.1, 0.15) is 124 Å². The van der Waals surface area contributed by atoms with Crippen LogP contribution in [-0.4, -0.2) is 50.5 Å². The van der Waals surface area contributed by atoms with Gasteiger partial charge in [0.2, 0.25) is 5.91 Å². The van der Waals surface area contributed by atoms with Gasteiger partial charge in [-0.05, 0) is 166 Å². The number of carbonyl (C=O) groups excluding carboxylic acids is 1. The van der Waals surface area contributed by atoms with Crippen molar-refractivity contribution in [2.45, 2.75) is 121 Å². The van der Waals surface area contributed by atoms with E-state index in [2.05, 4.69) is 71.0 Å². The first-order chi connectivity index (χ1) is 30.3. The molecule has 0 unspecified atom stereocenters. The predicted octanol–water partition coefficient (Wildman–Crippen LogP) is 10.9. The Kier molecular flexibility index (Phi) is 13.2. The molecule has 3 aromatic carbocycles. The number of carboxylic acids is 1. The van der Waals surface area contributed by atoms with E-state index in [-0.39, 0.29) is 23.3 Å². The number of aryl methyl sites for hydroxylation is 3. The number of carboxylic acid groups (broad SMARTS) is 1. The summed E-state index contributed by atoms with van der Waals surface area (Å²) in [6.07, 6.45) is 10.4. The van der Waals surface area contributed by atoms with Gasteiger partial charge in [0, 0.05) is 47.2 Å². The monoisotopic (exact) mass is 871 g/mol. The highest BCUT2D eigenvalue weighted by Crippen LogP contribution is 2.57. The number of fused-ring (bicyclic) bond motifs is 3. The Morgan fingerprint density at radius 2 is 1.81 bits per heavy atom. The summed E-state index contributed by atoms with van der Waals surface area (Å²) in [4.78, 5) is 30.9. The number of halogens is 1. The highest BCUT2D eigenvalue weighted by molar-refractivity contribution is 6.30. The zero-order valence-corrected chi connectivity index (χ0v) is 38.1. The third kappa shape index (κ3) is 9.62. The smallest absolute Gasteiger partial charge is 0.329 e. The molecule has 4 atom stereocenters. The lowest BCUT2D eigenvalue weighted by Crippen LogP contribution is -2.53. The van der Waals surface area contributed by atoms with Crippen LogP contribution in [0.3, 0.4) is 0 Å². The highest BCUT2D eigenvalue weighted by atomic mass is 35.5. The summed E-state index contributed by atoms with van der Waals surface area (Å²) in [5.74, 6) is 1.91. The Morgan fingerprint density at radius 3 is 2.57 bits per heavy atom. The molecule has 5 aromatic rings. The molecule has 3 aliphatic carbocycles. The second kappa shape index (κ2) is 18.8. The van der Waals surface area contributed by atoms with Crippen LogP contribution in [0.15, 0.2) is 85.1 Å². The molecular formula is C52H62ClN5O5. The van der Waals surface area contributed by atoms with Crippen LogP contribution in [0.5, 0.6) is 11.5 Å². The maximum absolute atomic E-state index is 13.1. The van der Waals surface area contributed by atoms with E-state index >= 15 is 0 Å². The van der Waals surface area contributed by atoms with Crippen LogP contribution < -0.4 is 20.1 Å². The third-order valence-corrected chi connectivity index (χ3v) is 14.4. The Bertz CT molecular complexity index is 2440. The van der Waals surface area contributed by atoms with Crippen molar-refractivity contribution in [2.75, 3.05) is 18.5 Å². The van der Waals surface area contributed by atoms with Crippen molar-refractivity contribution in [1.29, 1.82) is 0 Å². The van der Waals surface area contributed by atoms with Gasteiger partial charge < -0.3 is 25.2 Å². The van der Waals surface area contributed by atoms with Gasteiger partial charge in [-0.3, -0.25) is 14.5 Å². The molecule has 2 aromatic heterocycles. The fraction of sp³-hybridized carbons (Fsp3) is 0.462. The normalized spacial score (nSPS) is 22.4. The largest absolute Gasteiger partial charge is 0.494 e. The first kappa shape index (κ1) is 44.3. The van der Waals surface area contributed by atoms with Crippen LogP contribution >= 0.6 is 11.6 Å². The van der Waals surface area contributed by atoms with Gasteiger partial charge in [0.25, 0.3) is 0 Å². The number of rotatable bonds is 16. The molecule has 1 saturated carbocycles.